The first-order valence-electron chi connectivity index (χ1n) is 2.08. The smallest absolute Gasteiger partial charge is 0.134 e. The highest BCUT2D eigenvalue weighted by molar-refractivity contribution is 5.25. The Hall–Kier alpha value is -1.18. The topological polar surface area (TPSA) is 20.2 Å². The summed E-state index contributed by atoms with van der Waals surface area (Å²) in [5.41, 5.74) is 0. The SMILES string of the molecule is C#CC#C[C@@H](O)C=C. The highest BCUT2D eigenvalue weighted by Gasteiger charge is 1.83. The van der Waals surface area contributed by atoms with Crippen LogP contribution in [0.3, 0.4) is 0 Å². The van der Waals surface area contributed by atoms with Crippen LogP contribution < -0.4 is 0 Å². The summed E-state index contributed by atoms with van der Waals surface area (Å²) in [6.45, 7) is 3.29. The molecule has 0 rings (SSSR count). The monoisotopic (exact) mass is 106 g/mol. The van der Waals surface area contributed by atoms with E-state index in [9.17, 15) is 0 Å². The molecule has 0 heterocycles. The van der Waals surface area contributed by atoms with Gasteiger partial charge in [-0.3, -0.25) is 0 Å². The van der Waals surface area contributed by atoms with E-state index in [-0.39, 0.29) is 0 Å². The lowest BCUT2D eigenvalue weighted by atomic mass is 10.3. The van der Waals surface area contributed by atoms with Crippen LogP contribution in [0.15, 0.2) is 12.7 Å². The molecular formula is C7H6O. The number of aliphatic hydroxyl groups excluding tert-OH is 1. The van der Waals surface area contributed by atoms with Crippen molar-refractivity contribution >= 4 is 0 Å². The van der Waals surface area contributed by atoms with E-state index in [4.69, 9.17) is 11.5 Å². The molecule has 0 bridgehead atoms. The summed E-state index contributed by atoms with van der Waals surface area (Å²) in [6.07, 6.45) is 5.29. The van der Waals surface area contributed by atoms with E-state index >= 15 is 0 Å². The maximum Gasteiger partial charge on any atom is 0.134 e. The zero-order chi connectivity index (χ0) is 6.41. The van der Waals surface area contributed by atoms with Gasteiger partial charge in [0.2, 0.25) is 0 Å². The molecule has 8 heavy (non-hydrogen) atoms. The number of hydrogen-bond acceptors (Lipinski definition) is 1. The van der Waals surface area contributed by atoms with Crippen LogP contribution in [0.1, 0.15) is 0 Å². The molecule has 1 N–H and O–H groups in total. The Labute approximate surface area is 49.0 Å². The Bertz CT molecular complexity index is 163. The van der Waals surface area contributed by atoms with Gasteiger partial charge in [0.25, 0.3) is 0 Å². The molecule has 0 unspecified atom stereocenters. The number of rotatable bonds is 1. The van der Waals surface area contributed by atoms with Crippen LogP contribution in [0.2, 0.25) is 0 Å². The van der Waals surface area contributed by atoms with E-state index in [1.807, 2.05) is 0 Å². The first-order chi connectivity index (χ1) is 3.81. The van der Waals surface area contributed by atoms with Crippen molar-refractivity contribution in [3.8, 4) is 24.2 Å². The van der Waals surface area contributed by atoms with Crippen molar-refractivity contribution in [2.45, 2.75) is 6.10 Å². The molecule has 0 spiro atoms. The molecule has 1 atom stereocenters. The van der Waals surface area contributed by atoms with E-state index in [1.165, 1.54) is 6.08 Å². The fourth-order valence-electron chi connectivity index (χ4n) is 0.175. The second kappa shape index (κ2) is 3.99. The predicted molar refractivity (Wildman–Crippen MR) is 32.8 cm³/mol. The summed E-state index contributed by atoms with van der Waals surface area (Å²) in [5, 5.41) is 8.60. The van der Waals surface area contributed by atoms with Gasteiger partial charge >= 0.3 is 0 Å². The molecule has 0 saturated carbocycles. The third-order valence-corrected chi connectivity index (χ3v) is 0.515. The third-order valence-electron chi connectivity index (χ3n) is 0.515. The van der Waals surface area contributed by atoms with Crippen molar-refractivity contribution in [3.63, 3.8) is 0 Å². The summed E-state index contributed by atoms with van der Waals surface area (Å²) in [4.78, 5) is 0. The molecular weight excluding hydrogens is 100 g/mol. The lowest BCUT2D eigenvalue weighted by Crippen LogP contribution is -1.94. The predicted octanol–water partition coefficient (Wildman–Crippen LogP) is 0.170. The highest BCUT2D eigenvalue weighted by Crippen LogP contribution is 1.76. The summed E-state index contributed by atoms with van der Waals surface area (Å²) < 4.78 is 0. The average molecular weight is 106 g/mol. The lowest BCUT2D eigenvalue weighted by molar-refractivity contribution is 0.281. The van der Waals surface area contributed by atoms with Crippen LogP contribution in [0.4, 0.5) is 0 Å². The molecule has 0 aromatic carbocycles. The van der Waals surface area contributed by atoms with E-state index < -0.39 is 6.10 Å². The van der Waals surface area contributed by atoms with Gasteiger partial charge in [-0.05, 0) is 11.8 Å². The fraction of sp³-hybridized carbons (Fsp3) is 0.143. The van der Waals surface area contributed by atoms with E-state index in [0.717, 1.165) is 0 Å². The second-order valence-electron chi connectivity index (χ2n) is 1.09. The molecule has 40 valence electrons. The Morgan fingerprint density at radius 1 is 1.75 bits per heavy atom. The number of terminal acetylenes is 1. The van der Waals surface area contributed by atoms with Crippen LogP contribution in [-0.2, 0) is 0 Å². The minimum atomic E-state index is -0.786. The Morgan fingerprint density at radius 2 is 2.38 bits per heavy atom. The largest absolute Gasteiger partial charge is 0.377 e. The van der Waals surface area contributed by atoms with Crippen molar-refractivity contribution in [2.75, 3.05) is 0 Å². The minimum absolute atomic E-state index is 0.786. The maximum absolute atomic E-state index is 8.60. The normalized spacial score (nSPS) is 10.0. The van der Waals surface area contributed by atoms with Crippen LogP contribution in [0, 0.1) is 24.2 Å². The molecule has 0 radical (unpaired) electrons. The van der Waals surface area contributed by atoms with Crippen LogP contribution >= 0.6 is 0 Å². The molecule has 1 heteroatoms. The molecule has 0 amide bonds. The third kappa shape index (κ3) is 3.03. The van der Waals surface area contributed by atoms with Crippen molar-refractivity contribution in [2.24, 2.45) is 0 Å². The van der Waals surface area contributed by atoms with Gasteiger partial charge in [-0.15, -0.1) is 6.42 Å². The van der Waals surface area contributed by atoms with E-state index in [2.05, 4.69) is 24.3 Å². The van der Waals surface area contributed by atoms with Crippen LogP contribution in [0.5, 0.6) is 0 Å². The summed E-state index contributed by atoms with van der Waals surface area (Å²) in [7, 11) is 0. The zero-order valence-corrected chi connectivity index (χ0v) is 4.39. The molecule has 0 aliphatic carbocycles. The summed E-state index contributed by atoms with van der Waals surface area (Å²) in [6, 6.07) is 0. The standard InChI is InChI=1S/C7H6O/c1-3-5-6-7(8)4-2/h1,4,7-8H,2H2/t7-/m0/s1. The molecule has 0 fully saturated rings. The van der Waals surface area contributed by atoms with Crippen molar-refractivity contribution in [3.05, 3.63) is 12.7 Å². The average Bonchev–Trinajstić information content (AvgIpc) is 1.83. The van der Waals surface area contributed by atoms with E-state index in [0.29, 0.717) is 0 Å². The van der Waals surface area contributed by atoms with E-state index in [1.54, 1.807) is 0 Å². The van der Waals surface area contributed by atoms with Crippen LogP contribution in [0.25, 0.3) is 0 Å². The number of hydrogen-bond donors (Lipinski definition) is 1. The second-order valence-corrected chi connectivity index (χ2v) is 1.09. The first-order valence-corrected chi connectivity index (χ1v) is 2.08. The van der Waals surface area contributed by atoms with Crippen molar-refractivity contribution in [1.82, 2.24) is 0 Å². The van der Waals surface area contributed by atoms with Gasteiger partial charge in [0.15, 0.2) is 0 Å². The van der Waals surface area contributed by atoms with Gasteiger partial charge in [-0.1, -0.05) is 18.6 Å². The Morgan fingerprint density at radius 3 is 2.75 bits per heavy atom. The van der Waals surface area contributed by atoms with Gasteiger partial charge in [-0.2, -0.15) is 0 Å². The molecule has 0 aliphatic rings. The quantitative estimate of drug-likeness (QED) is 0.373. The lowest BCUT2D eigenvalue weighted by Gasteiger charge is -1.85. The fourth-order valence-corrected chi connectivity index (χ4v) is 0.175. The molecule has 0 aliphatic heterocycles. The van der Waals surface area contributed by atoms with Gasteiger partial charge < -0.3 is 5.11 Å². The highest BCUT2D eigenvalue weighted by atomic mass is 16.3. The maximum atomic E-state index is 8.60. The van der Waals surface area contributed by atoms with Crippen molar-refractivity contribution < 1.29 is 5.11 Å². The molecule has 0 aromatic rings. The van der Waals surface area contributed by atoms with Crippen LogP contribution in [-0.4, -0.2) is 11.2 Å². The van der Waals surface area contributed by atoms with Gasteiger partial charge in [-0.25, -0.2) is 0 Å². The molecule has 0 aromatic heterocycles. The zero-order valence-electron chi connectivity index (χ0n) is 4.39. The Balaban J connectivity index is 3.72. The summed E-state index contributed by atoms with van der Waals surface area (Å²) in [5.74, 6) is 6.65. The number of aliphatic hydroxyl groups is 1. The molecule has 0 saturated heterocycles. The van der Waals surface area contributed by atoms with Gasteiger partial charge in [0, 0.05) is 0 Å². The molecule has 1 nitrogen and oxygen atoms in total. The van der Waals surface area contributed by atoms with Gasteiger partial charge in [0.1, 0.15) is 6.10 Å². The van der Waals surface area contributed by atoms with Crippen molar-refractivity contribution in [1.29, 1.82) is 0 Å². The van der Waals surface area contributed by atoms with Gasteiger partial charge in [0.05, 0.1) is 0 Å². The summed E-state index contributed by atoms with van der Waals surface area (Å²) >= 11 is 0. The minimum Gasteiger partial charge on any atom is -0.377 e. The first kappa shape index (κ1) is 6.82. The Kier molecular flexibility index (Phi) is 3.40.